The van der Waals surface area contributed by atoms with Gasteiger partial charge in [-0.1, -0.05) is 103 Å². The second kappa shape index (κ2) is 12.4. The van der Waals surface area contributed by atoms with Crippen LogP contribution in [0.2, 0.25) is 0 Å². The van der Waals surface area contributed by atoms with Gasteiger partial charge < -0.3 is 9.13 Å². The van der Waals surface area contributed by atoms with Gasteiger partial charge in [0.25, 0.3) is 0 Å². The fourth-order valence-corrected chi connectivity index (χ4v) is 8.28. The van der Waals surface area contributed by atoms with Gasteiger partial charge in [0, 0.05) is 49.6 Å². The number of hydrogen-bond acceptors (Lipinski definition) is 3. The highest BCUT2D eigenvalue weighted by Gasteiger charge is 2.21. The Bertz CT molecular complexity index is 2800. The smallest absolute Gasteiger partial charge is 0.164 e. The molecular weight excluding hydrogens is 659 g/mol. The minimum absolute atomic E-state index is 0.655. The molecular formula is C49H37N5. The molecule has 258 valence electrons. The van der Waals surface area contributed by atoms with Crippen molar-refractivity contribution in [1.29, 1.82) is 0 Å². The average molecular weight is 696 g/mol. The van der Waals surface area contributed by atoms with Crippen molar-refractivity contribution >= 4 is 43.6 Å². The molecule has 0 aliphatic carbocycles. The van der Waals surface area contributed by atoms with Crippen LogP contribution in [-0.4, -0.2) is 24.1 Å². The maximum absolute atomic E-state index is 5.25. The third-order valence-corrected chi connectivity index (χ3v) is 11.3. The van der Waals surface area contributed by atoms with Gasteiger partial charge in [0.1, 0.15) is 0 Å². The molecule has 0 saturated heterocycles. The first kappa shape index (κ1) is 31.9. The summed E-state index contributed by atoms with van der Waals surface area (Å²) in [6, 6.07) is 53.6. The summed E-state index contributed by atoms with van der Waals surface area (Å²) in [4.78, 5) is 15.5. The van der Waals surface area contributed by atoms with Crippen molar-refractivity contribution in [2.24, 2.45) is 0 Å². The van der Waals surface area contributed by atoms with Crippen molar-refractivity contribution in [2.75, 3.05) is 0 Å². The molecule has 0 aliphatic heterocycles. The third-order valence-electron chi connectivity index (χ3n) is 11.3. The molecule has 0 fully saturated rings. The minimum Gasteiger partial charge on any atom is -0.309 e. The fourth-order valence-electron chi connectivity index (χ4n) is 8.28. The molecule has 3 aromatic heterocycles. The molecule has 5 nitrogen and oxygen atoms in total. The molecule has 0 spiro atoms. The topological polar surface area (TPSA) is 48.5 Å². The molecule has 0 amide bonds. The van der Waals surface area contributed by atoms with Gasteiger partial charge in [-0.2, -0.15) is 0 Å². The Hall–Kier alpha value is -6.85. The number of rotatable bonds is 5. The Labute approximate surface area is 313 Å². The van der Waals surface area contributed by atoms with Crippen LogP contribution >= 0.6 is 0 Å². The largest absolute Gasteiger partial charge is 0.309 e. The average Bonchev–Trinajstić information content (AvgIpc) is 3.73. The molecule has 0 unspecified atom stereocenters. The highest BCUT2D eigenvalue weighted by atomic mass is 15.0. The Kier molecular flexibility index (Phi) is 7.31. The zero-order chi connectivity index (χ0) is 36.5. The Morgan fingerprint density at radius 1 is 0.315 bits per heavy atom. The zero-order valence-electron chi connectivity index (χ0n) is 30.7. The van der Waals surface area contributed by atoms with E-state index in [1.165, 1.54) is 54.7 Å². The lowest BCUT2D eigenvalue weighted by atomic mass is 9.99. The number of fused-ring (bicyclic) bond motifs is 6. The van der Waals surface area contributed by atoms with E-state index < -0.39 is 0 Å². The predicted octanol–water partition coefficient (Wildman–Crippen LogP) is 12.3. The molecule has 0 N–H and O–H groups in total. The van der Waals surface area contributed by atoms with E-state index in [1.54, 1.807) is 0 Å². The van der Waals surface area contributed by atoms with Crippen LogP contribution in [0, 0.1) is 27.7 Å². The lowest BCUT2D eigenvalue weighted by Crippen LogP contribution is -2.05. The highest BCUT2D eigenvalue weighted by Crippen LogP contribution is 2.38. The van der Waals surface area contributed by atoms with Crippen molar-refractivity contribution in [3.05, 3.63) is 174 Å². The molecule has 0 bridgehead atoms. The first-order chi connectivity index (χ1) is 26.5. The third kappa shape index (κ3) is 4.82. The summed E-state index contributed by atoms with van der Waals surface area (Å²) < 4.78 is 4.77. The Balaban J connectivity index is 1.15. The molecule has 10 rings (SSSR count). The molecule has 7 aromatic carbocycles. The number of benzene rings is 7. The van der Waals surface area contributed by atoms with Crippen LogP contribution < -0.4 is 0 Å². The standard InChI is InChI=1S/C49H37N5/c1-30-32(3)41(53-43-22-12-8-18-37(43)38-19-9-13-23-44(38)53)28-26-35(30)48-50-47(34-16-6-5-7-17-34)51-49(52-48)36-27-29-42(33(4)31(36)2)54-45-24-14-10-20-39(45)40-21-11-15-25-46(40)54/h5-29H,1-4H3. The van der Waals surface area contributed by atoms with E-state index in [0.717, 1.165) is 39.2 Å². The molecule has 3 heterocycles. The van der Waals surface area contributed by atoms with Crippen LogP contribution in [0.4, 0.5) is 0 Å². The highest BCUT2D eigenvalue weighted by molar-refractivity contribution is 6.10. The maximum atomic E-state index is 5.25. The summed E-state index contributed by atoms with van der Waals surface area (Å²) in [6.45, 7) is 8.78. The van der Waals surface area contributed by atoms with E-state index in [-0.39, 0.29) is 0 Å². The molecule has 0 radical (unpaired) electrons. The number of hydrogen-bond donors (Lipinski definition) is 0. The van der Waals surface area contributed by atoms with E-state index in [1.807, 2.05) is 18.2 Å². The summed E-state index contributed by atoms with van der Waals surface area (Å²) in [7, 11) is 0. The Morgan fingerprint density at radius 3 is 1.04 bits per heavy atom. The summed E-state index contributed by atoms with van der Waals surface area (Å²) in [5, 5.41) is 5.00. The van der Waals surface area contributed by atoms with Crippen LogP contribution in [0.3, 0.4) is 0 Å². The summed E-state index contributed by atoms with van der Waals surface area (Å²) in [6.07, 6.45) is 0. The van der Waals surface area contributed by atoms with Crippen molar-refractivity contribution in [1.82, 2.24) is 24.1 Å². The van der Waals surface area contributed by atoms with E-state index in [0.29, 0.717) is 17.5 Å². The van der Waals surface area contributed by atoms with Gasteiger partial charge in [0.2, 0.25) is 0 Å². The van der Waals surface area contributed by atoms with Crippen LogP contribution in [-0.2, 0) is 0 Å². The van der Waals surface area contributed by atoms with Crippen molar-refractivity contribution in [3.8, 4) is 45.5 Å². The first-order valence-corrected chi connectivity index (χ1v) is 18.5. The van der Waals surface area contributed by atoms with Gasteiger partial charge in [-0.3, -0.25) is 0 Å². The quantitative estimate of drug-likeness (QED) is 0.180. The molecule has 5 heteroatoms. The molecule has 10 aromatic rings. The van der Waals surface area contributed by atoms with E-state index >= 15 is 0 Å². The van der Waals surface area contributed by atoms with Crippen LogP contribution in [0.25, 0.3) is 89.2 Å². The normalized spacial score (nSPS) is 11.7. The maximum Gasteiger partial charge on any atom is 0.164 e. The van der Waals surface area contributed by atoms with Gasteiger partial charge in [-0.05, 0) is 98.5 Å². The van der Waals surface area contributed by atoms with Gasteiger partial charge in [0.05, 0.1) is 22.1 Å². The molecule has 0 atom stereocenters. The fraction of sp³-hybridized carbons (Fsp3) is 0.0816. The van der Waals surface area contributed by atoms with Crippen LogP contribution in [0.15, 0.2) is 152 Å². The monoisotopic (exact) mass is 695 g/mol. The minimum atomic E-state index is 0.655. The number of aromatic nitrogens is 5. The molecule has 54 heavy (non-hydrogen) atoms. The van der Waals surface area contributed by atoms with Gasteiger partial charge in [-0.25, -0.2) is 15.0 Å². The van der Waals surface area contributed by atoms with Gasteiger partial charge in [0.15, 0.2) is 17.5 Å². The summed E-state index contributed by atoms with van der Waals surface area (Å²) in [5.74, 6) is 1.98. The van der Waals surface area contributed by atoms with Crippen LogP contribution in [0.5, 0.6) is 0 Å². The van der Waals surface area contributed by atoms with Gasteiger partial charge >= 0.3 is 0 Å². The summed E-state index contributed by atoms with van der Waals surface area (Å²) in [5.41, 5.74) is 14.7. The lowest BCUT2D eigenvalue weighted by molar-refractivity contribution is 1.06. The summed E-state index contributed by atoms with van der Waals surface area (Å²) >= 11 is 0. The van der Waals surface area contributed by atoms with E-state index in [4.69, 9.17) is 15.0 Å². The van der Waals surface area contributed by atoms with Crippen molar-refractivity contribution in [3.63, 3.8) is 0 Å². The number of nitrogens with zero attached hydrogens (tertiary/aromatic N) is 5. The van der Waals surface area contributed by atoms with Crippen molar-refractivity contribution < 1.29 is 0 Å². The second-order valence-electron chi connectivity index (χ2n) is 14.2. The van der Waals surface area contributed by atoms with E-state index in [2.05, 4.69) is 170 Å². The molecule has 0 aliphatic rings. The lowest BCUT2D eigenvalue weighted by Gasteiger charge is -2.18. The van der Waals surface area contributed by atoms with Gasteiger partial charge in [-0.15, -0.1) is 0 Å². The second-order valence-corrected chi connectivity index (χ2v) is 14.2. The predicted molar refractivity (Wildman–Crippen MR) is 224 cm³/mol. The number of para-hydroxylation sites is 4. The van der Waals surface area contributed by atoms with Crippen molar-refractivity contribution in [2.45, 2.75) is 27.7 Å². The molecule has 0 saturated carbocycles. The van der Waals surface area contributed by atoms with Crippen LogP contribution in [0.1, 0.15) is 22.3 Å². The first-order valence-electron chi connectivity index (χ1n) is 18.5. The SMILES string of the molecule is Cc1c(-c2nc(-c3ccccc3)nc(-c3ccc(-n4c5ccccc5c5ccccc54)c(C)c3C)n2)ccc(-n2c3ccccc3c3ccccc32)c1C. The Morgan fingerprint density at radius 2 is 0.648 bits per heavy atom. The van der Waals surface area contributed by atoms with E-state index in [9.17, 15) is 0 Å². The zero-order valence-corrected chi connectivity index (χ0v) is 30.7.